The Kier molecular flexibility index (Phi) is 7.85. The number of rotatable bonds is 9. The van der Waals surface area contributed by atoms with E-state index in [1.807, 2.05) is 0 Å². The number of sulfonamides is 1. The first-order valence-corrected chi connectivity index (χ1v) is 9.41. The summed E-state index contributed by atoms with van der Waals surface area (Å²) in [6, 6.07) is 7.37. The third-order valence-electron chi connectivity index (χ3n) is 3.61. The zero-order valence-electron chi connectivity index (χ0n) is 14.6. The molecule has 0 heterocycles. The molecule has 3 N–H and O–H groups in total. The van der Waals surface area contributed by atoms with Gasteiger partial charge in [-0.1, -0.05) is 25.1 Å². The van der Waals surface area contributed by atoms with Crippen LogP contribution >= 0.6 is 0 Å². The number of carboxylic acids is 1. The maximum absolute atomic E-state index is 12.1. The van der Waals surface area contributed by atoms with Crippen LogP contribution in [0.2, 0.25) is 0 Å². The molecule has 0 aliphatic carbocycles. The summed E-state index contributed by atoms with van der Waals surface area (Å²) in [5.74, 6) is -1.63. The van der Waals surface area contributed by atoms with Gasteiger partial charge in [-0.05, 0) is 25.5 Å². The van der Waals surface area contributed by atoms with E-state index in [1.165, 1.54) is 31.0 Å². The number of hydrogen-bond donors (Lipinski definition) is 3. The van der Waals surface area contributed by atoms with E-state index in [9.17, 15) is 18.0 Å². The molecule has 0 fully saturated rings. The number of carbonyl (C=O) groups excluding carboxylic acids is 1. The molecule has 9 heteroatoms. The molecule has 0 aliphatic rings. The molecule has 0 spiro atoms. The number of hydrogen-bond acceptors (Lipinski definition) is 4. The predicted octanol–water partition coefficient (Wildman–Crippen LogP) is 1.11. The van der Waals surface area contributed by atoms with Crippen LogP contribution in [0.3, 0.4) is 0 Å². The summed E-state index contributed by atoms with van der Waals surface area (Å²) in [7, 11) is -2.05. The molecule has 1 aromatic rings. The van der Waals surface area contributed by atoms with Gasteiger partial charge in [0.2, 0.25) is 10.0 Å². The first-order chi connectivity index (χ1) is 11.6. The fraction of sp³-hybridized carbons (Fsp3) is 0.500. The number of carboxylic acid groups (broad SMARTS) is 1. The molecule has 140 valence electrons. The predicted molar refractivity (Wildman–Crippen MR) is 93.7 cm³/mol. The fourth-order valence-corrected chi connectivity index (χ4v) is 3.13. The number of aliphatic carboxylic acids is 1. The summed E-state index contributed by atoms with van der Waals surface area (Å²) in [6.45, 7) is 3.54. The van der Waals surface area contributed by atoms with Crippen molar-refractivity contribution in [1.82, 2.24) is 14.9 Å². The van der Waals surface area contributed by atoms with E-state index >= 15 is 0 Å². The monoisotopic (exact) mass is 371 g/mol. The van der Waals surface area contributed by atoms with Crippen LogP contribution < -0.4 is 10.0 Å². The van der Waals surface area contributed by atoms with Crippen LogP contribution in [0.4, 0.5) is 4.79 Å². The Morgan fingerprint density at radius 1 is 1.20 bits per heavy atom. The van der Waals surface area contributed by atoms with Gasteiger partial charge in [0, 0.05) is 26.2 Å². The second-order valence-corrected chi connectivity index (χ2v) is 7.74. The van der Waals surface area contributed by atoms with E-state index in [4.69, 9.17) is 5.11 Å². The highest BCUT2D eigenvalue weighted by molar-refractivity contribution is 7.89. The van der Waals surface area contributed by atoms with Gasteiger partial charge >= 0.3 is 12.0 Å². The SMILES string of the molecule is CC(CCNS(=O)(=O)c1ccccc1)NC(=O)N(C)CC(C)C(=O)O. The maximum atomic E-state index is 12.1. The van der Waals surface area contributed by atoms with Crippen LogP contribution in [-0.2, 0) is 14.8 Å². The van der Waals surface area contributed by atoms with Gasteiger partial charge in [-0.15, -0.1) is 0 Å². The van der Waals surface area contributed by atoms with Crippen molar-refractivity contribution in [1.29, 1.82) is 0 Å². The average Bonchev–Trinajstić information content (AvgIpc) is 2.55. The highest BCUT2D eigenvalue weighted by Gasteiger charge is 2.19. The molecular formula is C16H25N3O5S. The lowest BCUT2D eigenvalue weighted by molar-refractivity contribution is -0.141. The Balaban J connectivity index is 2.41. The van der Waals surface area contributed by atoms with E-state index in [2.05, 4.69) is 10.0 Å². The van der Waals surface area contributed by atoms with Gasteiger partial charge in [0.25, 0.3) is 0 Å². The molecule has 25 heavy (non-hydrogen) atoms. The molecule has 0 saturated carbocycles. The minimum atomic E-state index is -3.56. The van der Waals surface area contributed by atoms with E-state index in [1.54, 1.807) is 25.1 Å². The second-order valence-electron chi connectivity index (χ2n) is 5.97. The molecule has 0 aliphatic heterocycles. The van der Waals surface area contributed by atoms with Crippen LogP contribution in [0, 0.1) is 5.92 Å². The van der Waals surface area contributed by atoms with Gasteiger partial charge in [0.15, 0.2) is 0 Å². The van der Waals surface area contributed by atoms with Crippen molar-refractivity contribution in [3.05, 3.63) is 30.3 Å². The molecule has 0 saturated heterocycles. The van der Waals surface area contributed by atoms with Crippen molar-refractivity contribution in [2.45, 2.75) is 31.2 Å². The first kappa shape index (κ1) is 20.9. The highest BCUT2D eigenvalue weighted by Crippen LogP contribution is 2.07. The molecule has 1 rings (SSSR count). The molecule has 2 atom stereocenters. The van der Waals surface area contributed by atoms with Crippen LogP contribution in [0.1, 0.15) is 20.3 Å². The largest absolute Gasteiger partial charge is 0.481 e. The van der Waals surface area contributed by atoms with Crippen LogP contribution in [-0.4, -0.2) is 56.6 Å². The van der Waals surface area contributed by atoms with Crippen molar-refractivity contribution >= 4 is 22.0 Å². The summed E-state index contributed by atoms with van der Waals surface area (Å²) < 4.78 is 26.6. The van der Waals surface area contributed by atoms with Gasteiger partial charge in [-0.3, -0.25) is 4.79 Å². The average molecular weight is 371 g/mol. The van der Waals surface area contributed by atoms with Gasteiger partial charge in [-0.2, -0.15) is 0 Å². The summed E-state index contributed by atoms with van der Waals surface area (Å²) in [5, 5.41) is 11.6. The minimum Gasteiger partial charge on any atom is -0.481 e. The van der Waals surface area contributed by atoms with E-state index in [0.29, 0.717) is 6.42 Å². The molecule has 2 unspecified atom stereocenters. The topological polar surface area (TPSA) is 116 Å². The smallest absolute Gasteiger partial charge is 0.317 e. The summed E-state index contributed by atoms with van der Waals surface area (Å²) in [6.07, 6.45) is 0.403. The lowest BCUT2D eigenvalue weighted by Gasteiger charge is -2.22. The van der Waals surface area contributed by atoms with Crippen molar-refractivity contribution in [2.75, 3.05) is 20.1 Å². The highest BCUT2D eigenvalue weighted by atomic mass is 32.2. The van der Waals surface area contributed by atoms with E-state index < -0.39 is 27.9 Å². The Hall–Kier alpha value is -2.13. The molecule has 8 nitrogen and oxygen atoms in total. The number of carbonyl (C=O) groups is 2. The van der Waals surface area contributed by atoms with Crippen molar-refractivity contribution in [2.24, 2.45) is 5.92 Å². The lowest BCUT2D eigenvalue weighted by Crippen LogP contribution is -2.45. The number of nitrogens with zero attached hydrogens (tertiary/aromatic N) is 1. The zero-order chi connectivity index (χ0) is 19.0. The second kappa shape index (κ2) is 9.38. The number of benzene rings is 1. The van der Waals surface area contributed by atoms with E-state index in [0.717, 1.165) is 0 Å². The molecule has 1 aromatic carbocycles. The van der Waals surface area contributed by atoms with Gasteiger partial charge < -0.3 is 15.3 Å². The Labute approximate surface area is 148 Å². The van der Waals surface area contributed by atoms with Crippen LogP contribution in [0.5, 0.6) is 0 Å². The Morgan fingerprint density at radius 3 is 2.36 bits per heavy atom. The molecule has 2 amide bonds. The van der Waals surface area contributed by atoms with Gasteiger partial charge in [0.05, 0.1) is 10.8 Å². The number of nitrogens with one attached hydrogen (secondary N) is 2. The standard InChI is InChI=1S/C16H25N3O5S/c1-12(15(20)21)11-19(3)16(22)18-13(2)9-10-17-25(23,24)14-7-5-4-6-8-14/h4-8,12-13,17H,9-11H2,1-3H3,(H,18,22)(H,20,21). The van der Waals surface area contributed by atoms with Gasteiger partial charge in [0.1, 0.15) is 0 Å². The van der Waals surface area contributed by atoms with E-state index in [-0.39, 0.29) is 24.0 Å². The summed E-state index contributed by atoms with van der Waals surface area (Å²) >= 11 is 0. The van der Waals surface area contributed by atoms with Crippen molar-refractivity contribution in [3.8, 4) is 0 Å². The molecular weight excluding hydrogens is 346 g/mol. The third kappa shape index (κ3) is 7.10. The molecule has 0 bridgehead atoms. The first-order valence-electron chi connectivity index (χ1n) is 7.92. The molecule has 0 radical (unpaired) electrons. The molecule has 0 aromatic heterocycles. The van der Waals surface area contributed by atoms with Gasteiger partial charge in [-0.25, -0.2) is 17.9 Å². The summed E-state index contributed by atoms with van der Waals surface area (Å²) in [4.78, 5) is 24.3. The number of amides is 2. The Morgan fingerprint density at radius 2 is 1.80 bits per heavy atom. The van der Waals surface area contributed by atoms with Crippen molar-refractivity contribution < 1.29 is 23.1 Å². The summed E-state index contributed by atoms with van der Waals surface area (Å²) in [5.41, 5.74) is 0. The Bertz CT molecular complexity index is 678. The minimum absolute atomic E-state index is 0.0918. The van der Waals surface area contributed by atoms with Crippen LogP contribution in [0.15, 0.2) is 35.2 Å². The number of urea groups is 1. The third-order valence-corrected chi connectivity index (χ3v) is 5.09. The van der Waals surface area contributed by atoms with Crippen LogP contribution in [0.25, 0.3) is 0 Å². The zero-order valence-corrected chi connectivity index (χ0v) is 15.4. The maximum Gasteiger partial charge on any atom is 0.317 e. The quantitative estimate of drug-likeness (QED) is 0.601. The normalized spacial score (nSPS) is 13.7. The van der Waals surface area contributed by atoms with Crippen molar-refractivity contribution in [3.63, 3.8) is 0 Å². The fourth-order valence-electron chi connectivity index (χ4n) is 2.06. The lowest BCUT2D eigenvalue weighted by atomic mass is 10.2.